The van der Waals surface area contributed by atoms with E-state index in [4.69, 9.17) is 33.2 Å². The van der Waals surface area contributed by atoms with Crippen LogP contribution in [0.25, 0.3) is 0 Å². The number of aliphatic hydroxyl groups is 2. The molecule has 0 aromatic rings. The van der Waals surface area contributed by atoms with Gasteiger partial charge in [0.2, 0.25) is 0 Å². The van der Waals surface area contributed by atoms with Crippen molar-refractivity contribution in [3.63, 3.8) is 0 Å². The van der Waals surface area contributed by atoms with E-state index in [1.54, 1.807) is 26.2 Å². The van der Waals surface area contributed by atoms with Crippen LogP contribution in [-0.4, -0.2) is 107 Å². The molecule has 5 heterocycles. The molecule has 7 rings (SSSR count). The Morgan fingerprint density at radius 3 is 2.53 bits per heavy atom. The summed E-state index contributed by atoms with van der Waals surface area (Å²) < 4.78 is 44.9. The third kappa shape index (κ3) is 8.08. The van der Waals surface area contributed by atoms with E-state index in [0.29, 0.717) is 42.7 Å². The minimum absolute atomic E-state index is 0.0156. The van der Waals surface area contributed by atoms with Crippen LogP contribution in [0.1, 0.15) is 92.4 Å². The number of allylic oxidation sites excluding steroid dienone is 2. The highest BCUT2D eigenvalue weighted by Gasteiger charge is 2.60. The molecular formula is C43H61NO11. The van der Waals surface area contributed by atoms with Crippen molar-refractivity contribution in [2.75, 3.05) is 13.7 Å². The lowest BCUT2D eigenvalue weighted by Crippen LogP contribution is -2.57. The summed E-state index contributed by atoms with van der Waals surface area (Å²) in [6.07, 6.45) is 16.4. The number of nitrogens with zero attached hydrogens (tertiary/aromatic N) is 1. The van der Waals surface area contributed by atoms with Gasteiger partial charge in [-0.15, -0.1) is 0 Å². The lowest BCUT2D eigenvalue weighted by Gasteiger charge is -2.49. The predicted octanol–water partition coefficient (Wildman–Crippen LogP) is 5.85. The Bertz CT molecular complexity index is 1600. The third-order valence-corrected chi connectivity index (χ3v) is 13.1. The smallest absolute Gasteiger partial charge is 0.316 e. The number of carbonyl (C=O) groups is 1. The molecule has 1 spiro atoms. The van der Waals surface area contributed by atoms with Crippen LogP contribution in [0.5, 0.6) is 0 Å². The normalized spacial score (nSPS) is 47.6. The molecule has 4 fully saturated rings. The average Bonchev–Trinajstić information content (AvgIpc) is 3.50. The molecule has 1 saturated carbocycles. The van der Waals surface area contributed by atoms with E-state index < -0.39 is 66.2 Å². The molecule has 2 bridgehead atoms. The van der Waals surface area contributed by atoms with Crippen molar-refractivity contribution in [3.05, 3.63) is 59.3 Å². The molecule has 5 aliphatic heterocycles. The number of oxime groups is 1. The summed E-state index contributed by atoms with van der Waals surface area (Å²) in [5.74, 6) is -2.30. The lowest BCUT2D eigenvalue weighted by atomic mass is 9.71. The van der Waals surface area contributed by atoms with Crippen molar-refractivity contribution in [2.45, 2.75) is 159 Å². The summed E-state index contributed by atoms with van der Waals surface area (Å²) in [6.45, 7) is 9.87. The van der Waals surface area contributed by atoms with Gasteiger partial charge in [0.05, 0.1) is 37.1 Å². The first kappa shape index (κ1) is 40.5. The van der Waals surface area contributed by atoms with Gasteiger partial charge in [0.15, 0.2) is 12.1 Å². The highest BCUT2D eigenvalue weighted by atomic mass is 16.7. The highest BCUT2D eigenvalue weighted by molar-refractivity contribution is 6.06. The summed E-state index contributed by atoms with van der Waals surface area (Å²) in [7, 11) is 1.58. The first-order valence-corrected chi connectivity index (χ1v) is 20.4. The van der Waals surface area contributed by atoms with Gasteiger partial charge in [-0.3, -0.25) is 4.79 Å². The molecule has 3 saturated heterocycles. The first-order chi connectivity index (χ1) is 26.4. The monoisotopic (exact) mass is 767 g/mol. The van der Waals surface area contributed by atoms with Crippen LogP contribution in [0.15, 0.2) is 64.4 Å². The molecule has 55 heavy (non-hydrogen) atoms. The van der Waals surface area contributed by atoms with Gasteiger partial charge in [0.1, 0.15) is 35.5 Å². The van der Waals surface area contributed by atoms with Crippen molar-refractivity contribution >= 4 is 11.7 Å². The fourth-order valence-corrected chi connectivity index (χ4v) is 9.99. The van der Waals surface area contributed by atoms with Gasteiger partial charge < -0.3 is 48.6 Å². The van der Waals surface area contributed by atoms with Gasteiger partial charge in [0.25, 0.3) is 0 Å². The fourth-order valence-electron chi connectivity index (χ4n) is 9.99. The molecule has 0 amide bonds. The fraction of sp³-hybridized carbons (Fsp3) is 0.721. The van der Waals surface area contributed by atoms with Crippen molar-refractivity contribution in [1.29, 1.82) is 0 Å². The van der Waals surface area contributed by atoms with E-state index in [2.05, 4.69) is 31.2 Å². The average molecular weight is 768 g/mol. The van der Waals surface area contributed by atoms with E-state index >= 15 is 0 Å². The van der Waals surface area contributed by atoms with E-state index in [9.17, 15) is 20.2 Å². The predicted molar refractivity (Wildman–Crippen MR) is 203 cm³/mol. The SMILES string of the molecule is COC1CC(OC2/C(C)=C/CC3CC(CC4(C=CC(C)C(C5CCCCC5)O4)O3)OC(=O)C3C=C(C)/C(=N\O)C4OC/C(=C\C=C\C2C)C34O)OC(C)C1O. The largest absolute Gasteiger partial charge is 0.462 e. The standard InChI is InChI=1S/C43H61NO11/c1-24-11-10-14-30-23-50-40-36(44-48)27(4)19-33(43(30,40)47)41(46)52-32-20-31(16-15-25(2)38(24)53-35-21-34(49-6)37(45)28(5)51-35)54-42(22-32)18-17-26(3)39(55-42)29-12-8-7-9-13-29/h10-11,14-15,17-19,24,26,28-29,31-35,37-40,45,47-48H,7-9,12-13,16,20-23H2,1-6H3/b11-10+,25-15+,30-14+,44-36+. The Balaban J connectivity index is 1.26. The summed E-state index contributed by atoms with van der Waals surface area (Å²) >= 11 is 0. The summed E-state index contributed by atoms with van der Waals surface area (Å²) in [5.41, 5.74) is 0.299. The number of hydrogen-bond donors (Lipinski definition) is 3. The lowest BCUT2D eigenvalue weighted by molar-refractivity contribution is -0.301. The zero-order valence-corrected chi connectivity index (χ0v) is 33.2. The third-order valence-electron chi connectivity index (χ3n) is 13.1. The molecule has 12 nitrogen and oxygen atoms in total. The van der Waals surface area contributed by atoms with E-state index in [1.165, 1.54) is 19.3 Å². The van der Waals surface area contributed by atoms with Crippen LogP contribution in [0.2, 0.25) is 0 Å². The van der Waals surface area contributed by atoms with E-state index in [1.807, 2.05) is 32.1 Å². The van der Waals surface area contributed by atoms with Crippen LogP contribution in [-0.2, 0) is 38.0 Å². The van der Waals surface area contributed by atoms with Crippen LogP contribution in [0.4, 0.5) is 0 Å². The van der Waals surface area contributed by atoms with E-state index in [0.717, 1.165) is 18.4 Å². The number of fused-ring (bicyclic) bond motifs is 2. The minimum Gasteiger partial charge on any atom is -0.462 e. The van der Waals surface area contributed by atoms with Crippen LogP contribution >= 0.6 is 0 Å². The number of ether oxygens (including phenoxy) is 7. The van der Waals surface area contributed by atoms with Crippen molar-refractivity contribution in [3.8, 4) is 0 Å². The van der Waals surface area contributed by atoms with Crippen LogP contribution in [0.3, 0.4) is 0 Å². The van der Waals surface area contributed by atoms with Gasteiger partial charge in [-0.1, -0.05) is 74.7 Å². The second kappa shape index (κ2) is 16.7. The van der Waals surface area contributed by atoms with Crippen molar-refractivity contribution < 1.29 is 53.4 Å². The van der Waals surface area contributed by atoms with Gasteiger partial charge in [-0.25, -0.2) is 0 Å². The minimum atomic E-state index is -1.85. The van der Waals surface area contributed by atoms with Gasteiger partial charge >= 0.3 is 5.97 Å². The van der Waals surface area contributed by atoms with Crippen molar-refractivity contribution in [2.24, 2.45) is 28.8 Å². The molecule has 0 radical (unpaired) electrons. The second-order valence-electron chi connectivity index (χ2n) is 17.0. The Morgan fingerprint density at radius 2 is 1.78 bits per heavy atom. The zero-order valence-electron chi connectivity index (χ0n) is 33.2. The first-order valence-electron chi connectivity index (χ1n) is 20.4. The summed E-state index contributed by atoms with van der Waals surface area (Å²) in [5, 5.41) is 36.6. The summed E-state index contributed by atoms with van der Waals surface area (Å²) in [6, 6.07) is 0. The maximum Gasteiger partial charge on any atom is 0.316 e. The highest BCUT2D eigenvalue weighted by Crippen LogP contribution is 2.47. The molecule has 0 aromatic carbocycles. The van der Waals surface area contributed by atoms with Gasteiger partial charge in [-0.2, -0.15) is 0 Å². The molecule has 304 valence electrons. The van der Waals surface area contributed by atoms with Gasteiger partial charge in [0, 0.05) is 38.2 Å². The van der Waals surface area contributed by atoms with Gasteiger partial charge in [-0.05, 0) is 68.7 Å². The molecular weight excluding hydrogens is 706 g/mol. The maximum absolute atomic E-state index is 14.4. The number of hydrogen-bond acceptors (Lipinski definition) is 12. The Kier molecular flexibility index (Phi) is 12.3. The molecule has 14 unspecified atom stereocenters. The number of rotatable bonds is 4. The molecule has 12 heteroatoms. The summed E-state index contributed by atoms with van der Waals surface area (Å²) in [4.78, 5) is 14.4. The maximum atomic E-state index is 14.4. The van der Waals surface area contributed by atoms with Crippen LogP contribution < -0.4 is 0 Å². The Labute approximate surface area is 325 Å². The molecule has 3 N–H and O–H groups in total. The molecule has 0 aromatic heterocycles. The molecule has 14 atom stereocenters. The quantitative estimate of drug-likeness (QED) is 0.137. The number of aliphatic hydroxyl groups excluding tert-OH is 1. The zero-order chi connectivity index (χ0) is 39.1. The topological polar surface area (TPSA) is 155 Å². The molecule has 7 aliphatic rings. The molecule has 2 aliphatic carbocycles. The number of esters is 1. The Hall–Kier alpha value is -2.68. The number of methoxy groups -OCH3 is 1. The second-order valence-corrected chi connectivity index (χ2v) is 17.0. The van der Waals surface area contributed by atoms with Crippen LogP contribution in [0, 0.1) is 23.7 Å². The number of carbonyl (C=O) groups excluding carboxylic acids is 1. The van der Waals surface area contributed by atoms with Crippen molar-refractivity contribution in [1.82, 2.24) is 0 Å². The Morgan fingerprint density at radius 1 is 1.00 bits per heavy atom. The van der Waals surface area contributed by atoms with E-state index in [-0.39, 0.29) is 36.4 Å².